The number of carbonyl (C=O) groups excluding carboxylic acids is 2. The van der Waals surface area contributed by atoms with Crippen molar-refractivity contribution in [2.45, 2.75) is 6.54 Å². The number of hydrogen-bond acceptors (Lipinski definition) is 6. The van der Waals surface area contributed by atoms with Crippen LogP contribution in [-0.2, 0) is 16.1 Å². The topological polar surface area (TPSA) is 73.9 Å². The molecule has 0 bridgehead atoms. The Labute approximate surface area is 138 Å². The van der Waals surface area contributed by atoms with Gasteiger partial charge >= 0.3 is 5.97 Å². The molecule has 1 heterocycles. The molecule has 0 unspecified atom stereocenters. The van der Waals surface area contributed by atoms with Gasteiger partial charge < -0.3 is 19.5 Å². The fourth-order valence-corrected chi connectivity index (χ4v) is 2.43. The van der Waals surface area contributed by atoms with E-state index in [9.17, 15) is 9.59 Å². The van der Waals surface area contributed by atoms with Crippen molar-refractivity contribution in [2.24, 2.45) is 0 Å². The summed E-state index contributed by atoms with van der Waals surface area (Å²) in [7, 11) is 2.98. The zero-order valence-electron chi connectivity index (χ0n) is 12.8. The van der Waals surface area contributed by atoms with E-state index in [0.717, 1.165) is 4.88 Å². The molecule has 0 radical (unpaired) electrons. The van der Waals surface area contributed by atoms with Crippen LogP contribution in [-0.4, -0.2) is 32.7 Å². The number of amides is 1. The number of ether oxygens (including phenoxy) is 3. The van der Waals surface area contributed by atoms with E-state index in [1.165, 1.54) is 26.4 Å². The molecule has 7 heteroatoms. The second-order valence-electron chi connectivity index (χ2n) is 4.53. The minimum Gasteiger partial charge on any atom is -0.497 e. The van der Waals surface area contributed by atoms with Crippen LogP contribution in [0.3, 0.4) is 0 Å². The van der Waals surface area contributed by atoms with Gasteiger partial charge in [0.25, 0.3) is 5.91 Å². The zero-order chi connectivity index (χ0) is 16.7. The molecule has 0 saturated heterocycles. The molecule has 2 aromatic rings. The van der Waals surface area contributed by atoms with Gasteiger partial charge in [0.05, 0.1) is 26.3 Å². The first-order chi connectivity index (χ1) is 11.1. The number of nitrogens with one attached hydrogen (secondary N) is 1. The molecule has 0 fully saturated rings. The summed E-state index contributed by atoms with van der Waals surface area (Å²) in [6.07, 6.45) is 0. The smallest absolute Gasteiger partial charge is 0.338 e. The molecule has 122 valence electrons. The van der Waals surface area contributed by atoms with E-state index in [-0.39, 0.29) is 18.1 Å². The van der Waals surface area contributed by atoms with Crippen LogP contribution in [0.5, 0.6) is 11.5 Å². The molecule has 1 amide bonds. The summed E-state index contributed by atoms with van der Waals surface area (Å²) < 4.78 is 15.2. The van der Waals surface area contributed by atoms with Gasteiger partial charge in [0.1, 0.15) is 11.5 Å². The van der Waals surface area contributed by atoms with Gasteiger partial charge in [0.15, 0.2) is 6.61 Å². The van der Waals surface area contributed by atoms with Crippen LogP contribution >= 0.6 is 11.3 Å². The number of esters is 1. The fourth-order valence-electron chi connectivity index (χ4n) is 1.79. The van der Waals surface area contributed by atoms with Gasteiger partial charge in [-0.2, -0.15) is 0 Å². The second kappa shape index (κ2) is 8.19. The highest BCUT2D eigenvalue weighted by Crippen LogP contribution is 2.22. The Bertz CT molecular complexity index is 647. The number of carbonyl (C=O) groups is 2. The third-order valence-corrected chi connectivity index (χ3v) is 3.84. The number of thiophene rings is 1. The van der Waals surface area contributed by atoms with Crippen molar-refractivity contribution < 1.29 is 23.8 Å². The van der Waals surface area contributed by atoms with Crippen LogP contribution < -0.4 is 14.8 Å². The predicted molar refractivity (Wildman–Crippen MR) is 86.0 cm³/mol. The van der Waals surface area contributed by atoms with Crippen LogP contribution in [0.25, 0.3) is 0 Å². The second-order valence-corrected chi connectivity index (χ2v) is 5.57. The predicted octanol–water partition coefficient (Wildman–Crippen LogP) is 2.24. The molecule has 6 nitrogen and oxygen atoms in total. The van der Waals surface area contributed by atoms with Gasteiger partial charge in [-0.25, -0.2) is 4.79 Å². The van der Waals surface area contributed by atoms with Crippen molar-refractivity contribution in [1.82, 2.24) is 5.32 Å². The molecule has 1 aromatic heterocycles. The summed E-state index contributed by atoms with van der Waals surface area (Å²) in [5.74, 6) is -0.0352. The van der Waals surface area contributed by atoms with Crippen molar-refractivity contribution in [3.05, 3.63) is 46.2 Å². The first kappa shape index (κ1) is 16.8. The Hall–Kier alpha value is -2.54. The summed E-state index contributed by atoms with van der Waals surface area (Å²) >= 11 is 1.54. The summed E-state index contributed by atoms with van der Waals surface area (Å²) in [6.45, 7) is 0.0742. The SMILES string of the molecule is COc1cc(OC)cc(C(=O)OCC(=O)NCc2cccs2)c1. The molecule has 1 N–H and O–H groups in total. The standard InChI is InChI=1S/C16H17NO5S/c1-20-12-6-11(7-13(8-12)21-2)16(19)22-10-15(18)17-9-14-4-3-5-23-14/h3-8H,9-10H2,1-2H3,(H,17,18). The Morgan fingerprint density at radius 2 is 1.83 bits per heavy atom. The molecular weight excluding hydrogens is 318 g/mol. The van der Waals surface area contributed by atoms with E-state index in [1.807, 2.05) is 17.5 Å². The highest BCUT2D eigenvalue weighted by molar-refractivity contribution is 7.09. The maximum absolute atomic E-state index is 12.0. The Kier molecular flexibility index (Phi) is 5.99. The van der Waals surface area contributed by atoms with E-state index < -0.39 is 5.97 Å². The van der Waals surface area contributed by atoms with Crippen molar-refractivity contribution in [2.75, 3.05) is 20.8 Å². The molecule has 0 saturated carbocycles. The molecular formula is C16H17NO5S. The minimum absolute atomic E-state index is 0.257. The Balaban J connectivity index is 1.87. The third-order valence-electron chi connectivity index (χ3n) is 2.96. The molecule has 0 atom stereocenters. The minimum atomic E-state index is -0.617. The monoisotopic (exact) mass is 335 g/mol. The highest BCUT2D eigenvalue weighted by Gasteiger charge is 2.13. The van der Waals surface area contributed by atoms with E-state index in [0.29, 0.717) is 18.0 Å². The normalized spacial score (nSPS) is 10.0. The lowest BCUT2D eigenvalue weighted by Crippen LogP contribution is -2.28. The van der Waals surface area contributed by atoms with Crippen LogP contribution in [0.2, 0.25) is 0 Å². The summed E-state index contributed by atoms with van der Waals surface area (Å²) in [5.41, 5.74) is 0.257. The summed E-state index contributed by atoms with van der Waals surface area (Å²) in [4.78, 5) is 24.7. The lowest BCUT2D eigenvalue weighted by Gasteiger charge is -2.09. The summed E-state index contributed by atoms with van der Waals surface area (Å²) in [6, 6.07) is 8.51. The van der Waals surface area contributed by atoms with Crippen LogP contribution in [0.1, 0.15) is 15.2 Å². The molecule has 0 aliphatic heterocycles. The number of rotatable bonds is 7. The van der Waals surface area contributed by atoms with Crippen molar-refractivity contribution in [3.8, 4) is 11.5 Å². The number of hydrogen-bond donors (Lipinski definition) is 1. The first-order valence-corrected chi connectivity index (χ1v) is 7.69. The maximum atomic E-state index is 12.0. The van der Waals surface area contributed by atoms with Gasteiger partial charge in [-0.1, -0.05) is 6.07 Å². The van der Waals surface area contributed by atoms with E-state index in [1.54, 1.807) is 17.4 Å². The zero-order valence-corrected chi connectivity index (χ0v) is 13.6. The van der Waals surface area contributed by atoms with E-state index in [2.05, 4.69) is 5.32 Å². The molecule has 0 spiro atoms. The van der Waals surface area contributed by atoms with Gasteiger partial charge in [-0.15, -0.1) is 11.3 Å². The average Bonchev–Trinajstić information content (AvgIpc) is 3.10. The highest BCUT2D eigenvalue weighted by atomic mass is 32.1. The van der Waals surface area contributed by atoms with Crippen LogP contribution in [0.15, 0.2) is 35.7 Å². The van der Waals surface area contributed by atoms with Gasteiger partial charge in [0.2, 0.25) is 0 Å². The summed E-state index contributed by atoms with van der Waals surface area (Å²) in [5, 5.41) is 4.61. The Morgan fingerprint density at radius 3 is 2.39 bits per heavy atom. The van der Waals surface area contributed by atoms with E-state index >= 15 is 0 Å². The lowest BCUT2D eigenvalue weighted by atomic mass is 10.2. The van der Waals surface area contributed by atoms with Crippen LogP contribution in [0, 0.1) is 0 Å². The van der Waals surface area contributed by atoms with Crippen LogP contribution in [0.4, 0.5) is 0 Å². The number of benzene rings is 1. The average molecular weight is 335 g/mol. The van der Waals surface area contributed by atoms with Gasteiger partial charge in [0, 0.05) is 10.9 Å². The first-order valence-electron chi connectivity index (χ1n) is 6.81. The molecule has 0 aliphatic rings. The van der Waals surface area contributed by atoms with E-state index in [4.69, 9.17) is 14.2 Å². The quantitative estimate of drug-likeness (QED) is 0.786. The number of methoxy groups -OCH3 is 2. The molecule has 0 aliphatic carbocycles. The van der Waals surface area contributed by atoms with Crippen molar-refractivity contribution in [1.29, 1.82) is 0 Å². The molecule has 1 aromatic carbocycles. The van der Waals surface area contributed by atoms with Crippen molar-refractivity contribution in [3.63, 3.8) is 0 Å². The van der Waals surface area contributed by atoms with Gasteiger partial charge in [-0.3, -0.25) is 4.79 Å². The molecule has 2 rings (SSSR count). The molecule has 23 heavy (non-hydrogen) atoms. The lowest BCUT2D eigenvalue weighted by molar-refractivity contribution is -0.124. The van der Waals surface area contributed by atoms with Gasteiger partial charge in [-0.05, 0) is 23.6 Å². The third kappa shape index (κ3) is 5.00. The Morgan fingerprint density at radius 1 is 1.13 bits per heavy atom. The fraction of sp³-hybridized carbons (Fsp3) is 0.250. The van der Waals surface area contributed by atoms with Crippen molar-refractivity contribution >= 4 is 23.2 Å². The largest absolute Gasteiger partial charge is 0.497 e. The maximum Gasteiger partial charge on any atom is 0.338 e.